The van der Waals surface area contributed by atoms with Gasteiger partial charge in [-0.15, -0.1) is 0 Å². The summed E-state index contributed by atoms with van der Waals surface area (Å²) in [5.74, 6) is -0.460. The summed E-state index contributed by atoms with van der Waals surface area (Å²) >= 11 is 0. The third kappa shape index (κ3) is 10.2. The van der Waals surface area contributed by atoms with Crippen LogP contribution in [-0.4, -0.2) is 11.7 Å². The van der Waals surface area contributed by atoms with Gasteiger partial charge in [0.15, 0.2) is 5.78 Å². The second kappa shape index (κ2) is 13.2. The molecule has 0 spiro atoms. The molecule has 2 fully saturated rings. The molecule has 1 nitrogen and oxygen atoms in total. The van der Waals surface area contributed by atoms with E-state index in [-0.39, 0.29) is 5.78 Å². The van der Waals surface area contributed by atoms with E-state index in [2.05, 4.69) is 20.8 Å². The molecule has 172 valence electrons. The number of halogens is 2. The van der Waals surface area contributed by atoms with Crippen LogP contribution in [0.4, 0.5) is 8.78 Å². The van der Waals surface area contributed by atoms with Crippen molar-refractivity contribution in [2.24, 2.45) is 17.8 Å². The SMILES string of the molecule is CC(=O)c1ccc(C(C)C(C)(F)F)cc1.CC1CCC1.CCCC1CCC(C)CC1. The Kier molecular flexibility index (Phi) is 11.8. The van der Waals surface area contributed by atoms with Gasteiger partial charge in [-0.25, -0.2) is 8.78 Å². The van der Waals surface area contributed by atoms with Crippen molar-refractivity contribution < 1.29 is 13.6 Å². The Morgan fingerprint density at radius 2 is 1.50 bits per heavy atom. The number of Topliss-reactive ketones (excluding diaryl/α,β-unsaturated/α-hetero) is 1. The van der Waals surface area contributed by atoms with Crippen LogP contribution in [0.15, 0.2) is 24.3 Å². The van der Waals surface area contributed by atoms with E-state index in [1.807, 2.05) is 0 Å². The van der Waals surface area contributed by atoms with Crippen molar-refractivity contribution >= 4 is 5.78 Å². The van der Waals surface area contributed by atoms with Gasteiger partial charge in [0.1, 0.15) is 0 Å². The van der Waals surface area contributed by atoms with Crippen molar-refractivity contribution in [2.75, 3.05) is 0 Å². The Hall–Kier alpha value is -1.25. The van der Waals surface area contributed by atoms with E-state index in [1.165, 1.54) is 71.6 Å². The van der Waals surface area contributed by atoms with Gasteiger partial charge in [-0.1, -0.05) is 110 Å². The van der Waals surface area contributed by atoms with Gasteiger partial charge in [-0.3, -0.25) is 4.79 Å². The van der Waals surface area contributed by atoms with Gasteiger partial charge in [0.05, 0.1) is 0 Å². The fourth-order valence-electron chi connectivity index (χ4n) is 3.94. The van der Waals surface area contributed by atoms with Crippen molar-refractivity contribution in [1.29, 1.82) is 0 Å². The van der Waals surface area contributed by atoms with Crippen LogP contribution in [0.1, 0.15) is 121 Å². The summed E-state index contributed by atoms with van der Waals surface area (Å²) in [6.07, 6.45) is 13.3. The van der Waals surface area contributed by atoms with Crippen LogP contribution in [0.5, 0.6) is 0 Å². The lowest BCUT2D eigenvalue weighted by Crippen LogP contribution is -2.19. The highest BCUT2D eigenvalue weighted by molar-refractivity contribution is 5.94. The van der Waals surface area contributed by atoms with E-state index in [0.717, 1.165) is 24.7 Å². The minimum absolute atomic E-state index is 0.0579. The fraction of sp³-hybridized carbons (Fsp3) is 0.741. The summed E-state index contributed by atoms with van der Waals surface area (Å²) in [6, 6.07) is 6.33. The number of benzene rings is 1. The Morgan fingerprint density at radius 1 is 1.00 bits per heavy atom. The largest absolute Gasteiger partial charge is 0.295 e. The number of carbonyl (C=O) groups is 1. The highest BCUT2D eigenvalue weighted by Gasteiger charge is 2.31. The molecule has 0 saturated heterocycles. The van der Waals surface area contributed by atoms with Crippen LogP contribution in [0.2, 0.25) is 0 Å². The number of rotatable bonds is 5. The Labute approximate surface area is 184 Å². The molecule has 0 heterocycles. The van der Waals surface area contributed by atoms with Gasteiger partial charge in [-0.05, 0) is 37.2 Å². The Morgan fingerprint density at radius 3 is 1.83 bits per heavy atom. The fourth-order valence-corrected chi connectivity index (χ4v) is 3.94. The average molecular weight is 423 g/mol. The molecule has 0 amide bonds. The molecule has 3 rings (SSSR count). The first-order valence-corrected chi connectivity index (χ1v) is 12.0. The number of carbonyl (C=O) groups excluding carboxylic acids is 1. The molecular weight excluding hydrogens is 378 g/mol. The summed E-state index contributed by atoms with van der Waals surface area (Å²) in [6.45, 7) is 10.8. The topological polar surface area (TPSA) is 17.1 Å². The molecule has 1 aromatic carbocycles. The molecule has 0 radical (unpaired) electrons. The maximum absolute atomic E-state index is 13.0. The predicted molar refractivity (Wildman–Crippen MR) is 125 cm³/mol. The van der Waals surface area contributed by atoms with Crippen molar-refractivity contribution in [1.82, 2.24) is 0 Å². The minimum Gasteiger partial charge on any atom is -0.295 e. The van der Waals surface area contributed by atoms with Crippen LogP contribution in [0.25, 0.3) is 0 Å². The summed E-state index contributed by atoms with van der Waals surface area (Å²) < 4.78 is 26.0. The maximum Gasteiger partial charge on any atom is 0.251 e. The van der Waals surface area contributed by atoms with Crippen molar-refractivity contribution in [3.8, 4) is 0 Å². The summed E-state index contributed by atoms with van der Waals surface area (Å²) in [7, 11) is 0. The Bertz CT molecular complexity index is 590. The standard InChI is InChI=1S/C12H14F2O.C10H20.C5H10/c1-8(12(3,13)14)10-4-6-11(7-5-10)9(2)15;1-3-4-10-7-5-9(2)6-8-10;1-5-3-2-4-5/h4-8H,1-3H3;9-10H,3-8H2,1-2H3;5H,2-4H2,1H3. The van der Waals surface area contributed by atoms with Crippen LogP contribution in [-0.2, 0) is 0 Å². The normalized spacial score (nSPS) is 22.5. The van der Waals surface area contributed by atoms with E-state index in [4.69, 9.17) is 0 Å². The molecule has 0 aliphatic heterocycles. The third-order valence-corrected chi connectivity index (χ3v) is 6.80. The van der Waals surface area contributed by atoms with Gasteiger partial charge in [-0.2, -0.15) is 0 Å². The zero-order valence-electron chi connectivity index (χ0n) is 20.1. The van der Waals surface area contributed by atoms with Gasteiger partial charge in [0.2, 0.25) is 0 Å². The van der Waals surface area contributed by atoms with Crippen LogP contribution < -0.4 is 0 Å². The minimum atomic E-state index is -2.74. The van der Waals surface area contributed by atoms with Crippen molar-refractivity contribution in [3.63, 3.8) is 0 Å². The maximum atomic E-state index is 13.0. The van der Waals surface area contributed by atoms with Crippen LogP contribution >= 0.6 is 0 Å². The van der Waals surface area contributed by atoms with Crippen molar-refractivity contribution in [2.45, 2.75) is 111 Å². The lowest BCUT2D eigenvalue weighted by molar-refractivity contribution is -0.00222. The monoisotopic (exact) mass is 422 g/mol. The first-order chi connectivity index (χ1) is 14.0. The lowest BCUT2D eigenvalue weighted by Gasteiger charge is -2.25. The second-order valence-electron chi connectivity index (χ2n) is 9.81. The molecule has 2 saturated carbocycles. The molecule has 0 aromatic heterocycles. The quantitative estimate of drug-likeness (QED) is 0.432. The van der Waals surface area contributed by atoms with Gasteiger partial charge < -0.3 is 0 Å². The average Bonchev–Trinajstić information content (AvgIpc) is 2.68. The van der Waals surface area contributed by atoms with Gasteiger partial charge in [0.25, 0.3) is 5.92 Å². The molecule has 0 bridgehead atoms. The molecule has 1 unspecified atom stereocenters. The molecule has 2 aliphatic carbocycles. The first kappa shape index (κ1) is 26.8. The summed E-state index contributed by atoms with van der Waals surface area (Å²) in [5, 5.41) is 0. The van der Waals surface area contributed by atoms with E-state index in [1.54, 1.807) is 24.3 Å². The van der Waals surface area contributed by atoms with E-state index in [9.17, 15) is 13.6 Å². The molecule has 30 heavy (non-hydrogen) atoms. The smallest absolute Gasteiger partial charge is 0.251 e. The number of alkyl halides is 2. The third-order valence-electron chi connectivity index (χ3n) is 6.80. The molecular formula is C27H44F2O. The summed E-state index contributed by atoms with van der Waals surface area (Å²) in [5.41, 5.74) is 1.10. The molecule has 3 heteroatoms. The van der Waals surface area contributed by atoms with Crippen LogP contribution in [0.3, 0.4) is 0 Å². The highest BCUT2D eigenvalue weighted by atomic mass is 19.3. The highest BCUT2D eigenvalue weighted by Crippen LogP contribution is 2.32. The summed E-state index contributed by atoms with van der Waals surface area (Å²) in [4.78, 5) is 11.0. The number of hydrogen-bond acceptors (Lipinski definition) is 1. The van der Waals surface area contributed by atoms with E-state index >= 15 is 0 Å². The molecule has 0 N–H and O–H groups in total. The Balaban J connectivity index is 0.000000255. The lowest BCUT2D eigenvalue weighted by atomic mass is 9.81. The molecule has 2 aliphatic rings. The van der Waals surface area contributed by atoms with E-state index in [0.29, 0.717) is 11.1 Å². The van der Waals surface area contributed by atoms with E-state index < -0.39 is 11.8 Å². The van der Waals surface area contributed by atoms with Gasteiger partial charge >= 0.3 is 0 Å². The van der Waals surface area contributed by atoms with Crippen LogP contribution in [0, 0.1) is 17.8 Å². The number of ketones is 1. The molecule has 1 atom stereocenters. The molecule has 1 aromatic rings. The first-order valence-electron chi connectivity index (χ1n) is 12.0. The second-order valence-corrected chi connectivity index (χ2v) is 9.81. The zero-order valence-corrected chi connectivity index (χ0v) is 20.1. The predicted octanol–water partition coefficient (Wildman–Crippen LogP) is 9.07. The zero-order chi connectivity index (χ0) is 22.7. The number of hydrogen-bond donors (Lipinski definition) is 0. The van der Waals surface area contributed by atoms with Crippen molar-refractivity contribution in [3.05, 3.63) is 35.4 Å². The van der Waals surface area contributed by atoms with Gasteiger partial charge in [0, 0.05) is 11.5 Å².